The molecule has 0 aromatic carbocycles. The van der Waals surface area contributed by atoms with Gasteiger partial charge in [-0.3, -0.25) is 4.98 Å². The first-order chi connectivity index (χ1) is 9.29. The summed E-state index contributed by atoms with van der Waals surface area (Å²) in [6.07, 6.45) is 4.90. The normalized spacial score (nSPS) is 17.9. The van der Waals surface area contributed by atoms with E-state index in [1.54, 1.807) is 13.3 Å². The van der Waals surface area contributed by atoms with E-state index in [0.717, 1.165) is 44.0 Å². The van der Waals surface area contributed by atoms with Crippen LogP contribution in [0.4, 0.5) is 5.69 Å². The molecule has 0 aliphatic carbocycles. The maximum absolute atomic E-state index is 5.69. The molecule has 1 aromatic rings. The highest BCUT2D eigenvalue weighted by Gasteiger charge is 2.11. The van der Waals surface area contributed by atoms with Gasteiger partial charge >= 0.3 is 0 Å². The average molecular weight is 265 g/mol. The molecule has 2 heterocycles. The highest BCUT2D eigenvalue weighted by molar-refractivity contribution is 5.48. The summed E-state index contributed by atoms with van der Waals surface area (Å²) in [6, 6.07) is 2.06. The largest absolute Gasteiger partial charge is 0.489 e. The van der Waals surface area contributed by atoms with Gasteiger partial charge < -0.3 is 19.7 Å². The molecule has 5 heteroatoms. The number of methoxy groups -OCH3 is 1. The Kier molecular flexibility index (Phi) is 5.42. The van der Waals surface area contributed by atoms with Crippen LogP contribution < -0.4 is 15.0 Å². The van der Waals surface area contributed by atoms with E-state index in [9.17, 15) is 0 Å². The lowest BCUT2D eigenvalue weighted by Crippen LogP contribution is -2.27. The van der Waals surface area contributed by atoms with Crippen LogP contribution in [0.15, 0.2) is 18.5 Å². The third-order valence-electron chi connectivity index (χ3n) is 3.29. The molecule has 0 bridgehead atoms. The lowest BCUT2D eigenvalue weighted by molar-refractivity contribution is 0.0715. The summed E-state index contributed by atoms with van der Waals surface area (Å²) in [6.45, 7) is 6.71. The fraction of sp³-hybridized carbons (Fsp3) is 0.643. The smallest absolute Gasteiger partial charge is 0.139 e. The molecule has 106 valence electrons. The van der Waals surface area contributed by atoms with Crippen molar-refractivity contribution in [3.8, 4) is 5.75 Å². The van der Waals surface area contributed by atoms with Crippen molar-refractivity contribution >= 4 is 5.69 Å². The Morgan fingerprint density at radius 2 is 2.26 bits per heavy atom. The van der Waals surface area contributed by atoms with Crippen LogP contribution in [0.3, 0.4) is 0 Å². The molecule has 1 aliphatic rings. The molecule has 0 saturated carbocycles. The first kappa shape index (κ1) is 14.1. The molecule has 1 aliphatic heterocycles. The summed E-state index contributed by atoms with van der Waals surface area (Å²) >= 11 is 0. The van der Waals surface area contributed by atoms with E-state index in [4.69, 9.17) is 9.47 Å². The van der Waals surface area contributed by atoms with Crippen LogP contribution in [0.5, 0.6) is 5.75 Å². The SMILES string of the molecule is COC(C)COc1cncc(N2CCCNCC2)c1. The first-order valence-electron chi connectivity index (χ1n) is 6.86. The maximum Gasteiger partial charge on any atom is 0.139 e. The van der Waals surface area contributed by atoms with Crippen molar-refractivity contribution in [1.82, 2.24) is 10.3 Å². The minimum Gasteiger partial charge on any atom is -0.489 e. The predicted molar refractivity (Wildman–Crippen MR) is 75.9 cm³/mol. The maximum atomic E-state index is 5.69. The van der Waals surface area contributed by atoms with Crippen LogP contribution in [0.1, 0.15) is 13.3 Å². The van der Waals surface area contributed by atoms with E-state index in [2.05, 4.69) is 21.3 Å². The summed E-state index contributed by atoms with van der Waals surface area (Å²) in [7, 11) is 1.69. The highest BCUT2D eigenvalue weighted by Crippen LogP contribution is 2.20. The summed E-state index contributed by atoms with van der Waals surface area (Å²) in [5.74, 6) is 0.804. The van der Waals surface area contributed by atoms with Crippen LogP contribution in [-0.2, 0) is 4.74 Å². The van der Waals surface area contributed by atoms with E-state index in [0.29, 0.717) is 6.61 Å². The molecular weight excluding hydrogens is 242 g/mol. The Bertz CT molecular complexity index is 379. The van der Waals surface area contributed by atoms with Crippen LogP contribution in [0.2, 0.25) is 0 Å². The molecule has 5 nitrogen and oxygen atoms in total. The first-order valence-corrected chi connectivity index (χ1v) is 6.86. The molecule has 0 spiro atoms. The number of anilines is 1. The van der Waals surface area contributed by atoms with Crippen LogP contribution in [0, 0.1) is 0 Å². The molecule has 1 aromatic heterocycles. The topological polar surface area (TPSA) is 46.6 Å². The summed E-state index contributed by atoms with van der Waals surface area (Å²) < 4.78 is 10.9. The number of hydrogen-bond acceptors (Lipinski definition) is 5. The van der Waals surface area contributed by atoms with Crippen LogP contribution in [0.25, 0.3) is 0 Å². The Hall–Kier alpha value is -1.33. The molecule has 0 radical (unpaired) electrons. The van der Waals surface area contributed by atoms with Gasteiger partial charge in [0, 0.05) is 32.8 Å². The van der Waals surface area contributed by atoms with Gasteiger partial charge in [-0.15, -0.1) is 0 Å². The third-order valence-corrected chi connectivity index (χ3v) is 3.29. The minimum atomic E-state index is 0.0889. The van der Waals surface area contributed by atoms with Gasteiger partial charge in [-0.2, -0.15) is 0 Å². The van der Waals surface area contributed by atoms with Crippen molar-refractivity contribution in [2.45, 2.75) is 19.4 Å². The van der Waals surface area contributed by atoms with E-state index in [-0.39, 0.29) is 6.10 Å². The van der Waals surface area contributed by atoms with E-state index in [1.165, 1.54) is 0 Å². The number of nitrogens with zero attached hydrogens (tertiary/aromatic N) is 2. The Labute approximate surface area is 114 Å². The van der Waals surface area contributed by atoms with Crippen LogP contribution >= 0.6 is 0 Å². The molecule has 1 atom stereocenters. The molecular formula is C14H23N3O2. The van der Waals surface area contributed by atoms with Crippen molar-refractivity contribution in [1.29, 1.82) is 0 Å². The molecule has 1 fully saturated rings. The molecule has 0 amide bonds. The summed E-state index contributed by atoms with van der Waals surface area (Å²) in [4.78, 5) is 6.61. The fourth-order valence-electron chi connectivity index (χ4n) is 2.04. The van der Waals surface area contributed by atoms with Gasteiger partial charge in [0.05, 0.1) is 24.2 Å². The predicted octanol–water partition coefficient (Wildman–Crippen LogP) is 1.29. The zero-order chi connectivity index (χ0) is 13.5. The van der Waals surface area contributed by atoms with Gasteiger partial charge in [0.25, 0.3) is 0 Å². The summed E-state index contributed by atoms with van der Waals surface area (Å²) in [5.41, 5.74) is 1.13. The van der Waals surface area contributed by atoms with Crippen molar-refractivity contribution in [3.05, 3.63) is 18.5 Å². The van der Waals surface area contributed by atoms with E-state index in [1.807, 2.05) is 13.1 Å². The Balaban J connectivity index is 1.97. The van der Waals surface area contributed by atoms with Gasteiger partial charge in [0.15, 0.2) is 0 Å². The second-order valence-corrected chi connectivity index (χ2v) is 4.83. The average Bonchev–Trinajstić information content (AvgIpc) is 2.74. The second kappa shape index (κ2) is 7.31. The fourth-order valence-corrected chi connectivity index (χ4v) is 2.04. The molecule has 1 unspecified atom stereocenters. The summed E-state index contributed by atoms with van der Waals surface area (Å²) in [5, 5.41) is 3.40. The number of hydrogen-bond donors (Lipinski definition) is 1. The number of aromatic nitrogens is 1. The number of pyridine rings is 1. The standard InChI is InChI=1S/C14H23N3O2/c1-12(18-2)11-19-14-8-13(9-16-10-14)17-6-3-4-15-5-7-17/h8-10,12,15H,3-7,11H2,1-2H3. The Morgan fingerprint density at radius 3 is 3.11 bits per heavy atom. The number of rotatable bonds is 5. The second-order valence-electron chi connectivity index (χ2n) is 4.83. The monoisotopic (exact) mass is 265 g/mol. The zero-order valence-corrected chi connectivity index (χ0v) is 11.8. The molecule has 19 heavy (non-hydrogen) atoms. The van der Waals surface area contributed by atoms with Crippen LogP contribution in [-0.4, -0.2) is 51.0 Å². The molecule has 2 rings (SSSR count). The third kappa shape index (κ3) is 4.36. The Morgan fingerprint density at radius 1 is 1.37 bits per heavy atom. The molecule has 1 saturated heterocycles. The van der Waals surface area contributed by atoms with E-state index >= 15 is 0 Å². The lowest BCUT2D eigenvalue weighted by Gasteiger charge is -2.22. The number of ether oxygens (including phenoxy) is 2. The van der Waals surface area contributed by atoms with Gasteiger partial charge in [0.1, 0.15) is 12.4 Å². The number of nitrogens with one attached hydrogen (secondary N) is 1. The quantitative estimate of drug-likeness (QED) is 0.869. The minimum absolute atomic E-state index is 0.0889. The van der Waals surface area contributed by atoms with Crippen molar-refractivity contribution < 1.29 is 9.47 Å². The molecule has 1 N–H and O–H groups in total. The lowest BCUT2D eigenvalue weighted by atomic mass is 10.3. The van der Waals surface area contributed by atoms with Gasteiger partial charge in [-0.1, -0.05) is 0 Å². The van der Waals surface area contributed by atoms with Gasteiger partial charge in [-0.25, -0.2) is 0 Å². The van der Waals surface area contributed by atoms with E-state index < -0.39 is 0 Å². The van der Waals surface area contributed by atoms with Crippen molar-refractivity contribution in [2.24, 2.45) is 0 Å². The van der Waals surface area contributed by atoms with Crippen molar-refractivity contribution in [3.63, 3.8) is 0 Å². The van der Waals surface area contributed by atoms with Gasteiger partial charge in [-0.05, 0) is 19.9 Å². The van der Waals surface area contributed by atoms with Crippen molar-refractivity contribution in [2.75, 3.05) is 44.8 Å². The zero-order valence-electron chi connectivity index (χ0n) is 11.8. The highest BCUT2D eigenvalue weighted by atomic mass is 16.5. The van der Waals surface area contributed by atoms with Gasteiger partial charge in [0.2, 0.25) is 0 Å².